The molecule has 0 atom stereocenters. The van der Waals surface area contributed by atoms with Crippen LogP contribution in [-0.2, 0) is 19.1 Å². The van der Waals surface area contributed by atoms with Gasteiger partial charge in [-0.1, -0.05) is 0 Å². The highest BCUT2D eigenvalue weighted by molar-refractivity contribution is 6.19. The van der Waals surface area contributed by atoms with E-state index in [-0.39, 0.29) is 12.3 Å². The maximum atomic E-state index is 11.4. The molecule has 0 aliphatic rings. The molecule has 16 heavy (non-hydrogen) atoms. The third-order valence-electron chi connectivity index (χ3n) is 1.50. The molecule has 0 heterocycles. The van der Waals surface area contributed by atoms with Crippen LogP contribution in [0.15, 0.2) is 11.3 Å². The number of methoxy groups -OCH3 is 1. The smallest absolute Gasteiger partial charge is 0.414 e. The van der Waals surface area contributed by atoms with E-state index in [1.807, 2.05) is 5.32 Å². The first kappa shape index (κ1) is 13.9. The van der Waals surface area contributed by atoms with Crippen LogP contribution in [0.3, 0.4) is 0 Å². The minimum absolute atomic E-state index is 0.0475. The molecule has 0 bridgehead atoms. The van der Waals surface area contributed by atoms with Gasteiger partial charge in [0.05, 0.1) is 13.7 Å². The van der Waals surface area contributed by atoms with Crippen molar-refractivity contribution in [3.05, 3.63) is 11.3 Å². The molecule has 0 aromatic heterocycles. The molecule has 0 fully saturated rings. The molecule has 7 nitrogen and oxygen atoms in total. The van der Waals surface area contributed by atoms with Crippen LogP contribution >= 0.6 is 0 Å². The number of carbonyl (C=O) groups excluding carboxylic acids is 3. The fourth-order valence-corrected chi connectivity index (χ4v) is 0.857. The third kappa shape index (κ3) is 3.99. The van der Waals surface area contributed by atoms with Crippen LogP contribution in [0, 0.1) is 0 Å². The van der Waals surface area contributed by atoms with E-state index >= 15 is 0 Å². The van der Waals surface area contributed by atoms with Gasteiger partial charge in [0.25, 0.3) is 5.91 Å². The number of imide groups is 1. The maximum Gasteiger partial charge on any atom is 0.414 e. The molecule has 0 rings (SSSR count). The number of esters is 1. The summed E-state index contributed by atoms with van der Waals surface area (Å²) in [7, 11) is 1.10. The lowest BCUT2D eigenvalue weighted by molar-refractivity contribution is -0.138. The van der Waals surface area contributed by atoms with Crippen LogP contribution in [0.2, 0.25) is 0 Å². The summed E-state index contributed by atoms with van der Waals surface area (Å²) in [4.78, 5) is 33.5. The molecule has 0 aromatic rings. The molecule has 7 heteroatoms. The minimum atomic E-state index is -0.953. The molecular weight excluding hydrogens is 216 g/mol. The van der Waals surface area contributed by atoms with E-state index in [9.17, 15) is 14.4 Å². The average molecular weight is 230 g/mol. The van der Waals surface area contributed by atoms with Gasteiger partial charge >= 0.3 is 12.1 Å². The summed E-state index contributed by atoms with van der Waals surface area (Å²) in [6.07, 6.45) is -0.949. The highest BCUT2D eigenvalue weighted by Crippen LogP contribution is 2.02. The maximum absolute atomic E-state index is 11.4. The fraction of sp³-hybridized carbons (Fsp3) is 0.444. The van der Waals surface area contributed by atoms with Crippen LogP contribution in [0.1, 0.15) is 13.8 Å². The Balaban J connectivity index is 4.74. The first-order chi connectivity index (χ1) is 7.43. The van der Waals surface area contributed by atoms with Gasteiger partial charge in [0.15, 0.2) is 0 Å². The number of alkyl carbamates (subject to hydrolysis) is 1. The normalized spacial score (nSPS) is 11.2. The number of amides is 2. The summed E-state index contributed by atoms with van der Waals surface area (Å²) in [6, 6.07) is 0. The lowest BCUT2D eigenvalue weighted by Crippen LogP contribution is -2.36. The predicted molar refractivity (Wildman–Crippen MR) is 54.1 cm³/mol. The van der Waals surface area contributed by atoms with Crippen molar-refractivity contribution in [2.75, 3.05) is 13.7 Å². The summed E-state index contributed by atoms with van der Waals surface area (Å²) in [5, 5.41) is 1.84. The van der Waals surface area contributed by atoms with Crippen molar-refractivity contribution in [3.63, 3.8) is 0 Å². The van der Waals surface area contributed by atoms with Gasteiger partial charge in [0.1, 0.15) is 5.57 Å². The molecule has 90 valence electrons. The molecule has 0 radical (unpaired) electrons. The first-order valence-corrected chi connectivity index (χ1v) is 4.46. The van der Waals surface area contributed by atoms with E-state index in [2.05, 4.69) is 9.47 Å². The van der Waals surface area contributed by atoms with Crippen molar-refractivity contribution in [2.24, 2.45) is 5.73 Å². The SMILES string of the molecule is CCOC(=O)NC(=O)/C(C(=O)OC)=C(\C)N. The number of rotatable bonds is 3. The molecule has 0 unspecified atom stereocenters. The molecule has 0 saturated carbocycles. The number of allylic oxidation sites excluding steroid dienone is 1. The molecule has 3 N–H and O–H groups in total. The van der Waals surface area contributed by atoms with Gasteiger partial charge in [-0.2, -0.15) is 0 Å². The molecule has 0 saturated heterocycles. The summed E-state index contributed by atoms with van der Waals surface area (Å²) in [5.74, 6) is -1.87. The van der Waals surface area contributed by atoms with E-state index in [0.717, 1.165) is 7.11 Å². The zero-order valence-electron chi connectivity index (χ0n) is 9.33. The van der Waals surface area contributed by atoms with Crippen molar-refractivity contribution in [3.8, 4) is 0 Å². The predicted octanol–water partition coefficient (Wildman–Crippen LogP) is -0.335. The van der Waals surface area contributed by atoms with Crippen molar-refractivity contribution in [2.45, 2.75) is 13.8 Å². The molecule has 0 aromatic carbocycles. The van der Waals surface area contributed by atoms with E-state index < -0.39 is 23.5 Å². The van der Waals surface area contributed by atoms with Crippen LogP contribution < -0.4 is 11.1 Å². The van der Waals surface area contributed by atoms with Crippen LogP contribution in [0.5, 0.6) is 0 Å². The highest BCUT2D eigenvalue weighted by atomic mass is 16.5. The van der Waals surface area contributed by atoms with Crippen LogP contribution in [0.4, 0.5) is 4.79 Å². The summed E-state index contributed by atoms with van der Waals surface area (Å²) in [6.45, 7) is 3.03. The van der Waals surface area contributed by atoms with E-state index in [4.69, 9.17) is 5.73 Å². The van der Waals surface area contributed by atoms with E-state index in [1.54, 1.807) is 6.92 Å². The van der Waals surface area contributed by atoms with E-state index in [1.165, 1.54) is 6.92 Å². The number of nitrogens with two attached hydrogens (primary N) is 1. The van der Waals surface area contributed by atoms with Gasteiger partial charge in [0.2, 0.25) is 0 Å². The fourth-order valence-electron chi connectivity index (χ4n) is 0.857. The Bertz CT molecular complexity index is 331. The largest absolute Gasteiger partial charge is 0.465 e. The Morgan fingerprint density at radius 2 is 1.88 bits per heavy atom. The summed E-state index contributed by atoms with van der Waals surface area (Å²) in [5.41, 5.74) is 4.86. The number of nitrogens with one attached hydrogen (secondary N) is 1. The quantitative estimate of drug-likeness (QED) is 0.297. The van der Waals surface area contributed by atoms with Gasteiger partial charge in [0, 0.05) is 5.70 Å². The summed E-state index contributed by atoms with van der Waals surface area (Å²) < 4.78 is 8.82. The summed E-state index contributed by atoms with van der Waals surface area (Å²) >= 11 is 0. The van der Waals surface area contributed by atoms with Gasteiger partial charge in [-0.25, -0.2) is 9.59 Å². The van der Waals surface area contributed by atoms with Crippen LogP contribution in [0.25, 0.3) is 0 Å². The lowest BCUT2D eigenvalue weighted by atomic mass is 10.2. The Morgan fingerprint density at radius 3 is 2.25 bits per heavy atom. The van der Waals surface area contributed by atoms with Crippen molar-refractivity contribution in [1.29, 1.82) is 0 Å². The number of hydrogen-bond acceptors (Lipinski definition) is 6. The highest BCUT2D eigenvalue weighted by Gasteiger charge is 2.23. The van der Waals surface area contributed by atoms with E-state index in [0.29, 0.717) is 0 Å². The second-order valence-electron chi connectivity index (χ2n) is 2.72. The molecule has 0 aliphatic heterocycles. The monoisotopic (exact) mass is 230 g/mol. The number of carbonyl (C=O) groups is 3. The molecule has 0 spiro atoms. The Labute approximate surface area is 92.6 Å². The minimum Gasteiger partial charge on any atom is -0.465 e. The number of hydrogen-bond donors (Lipinski definition) is 2. The Hall–Kier alpha value is -2.05. The molecule has 2 amide bonds. The van der Waals surface area contributed by atoms with Crippen molar-refractivity contribution in [1.82, 2.24) is 5.32 Å². The van der Waals surface area contributed by atoms with Gasteiger partial charge in [-0.05, 0) is 13.8 Å². The molecular formula is C9H14N2O5. The standard InChI is InChI=1S/C9H14N2O5/c1-4-16-9(14)11-7(12)6(5(2)10)8(13)15-3/h4,10H2,1-3H3,(H,11,12,14)/b6-5-. The van der Waals surface area contributed by atoms with Crippen LogP contribution in [-0.4, -0.2) is 31.7 Å². The van der Waals surface area contributed by atoms with Gasteiger partial charge in [-0.15, -0.1) is 0 Å². The third-order valence-corrected chi connectivity index (χ3v) is 1.50. The molecule has 0 aliphatic carbocycles. The van der Waals surface area contributed by atoms with Crippen molar-refractivity contribution >= 4 is 18.0 Å². The Morgan fingerprint density at radius 1 is 1.31 bits per heavy atom. The van der Waals surface area contributed by atoms with Gasteiger partial charge < -0.3 is 15.2 Å². The second kappa shape index (κ2) is 6.44. The van der Waals surface area contributed by atoms with Crippen molar-refractivity contribution < 1.29 is 23.9 Å². The number of ether oxygens (including phenoxy) is 2. The lowest BCUT2D eigenvalue weighted by Gasteiger charge is -2.07. The topological polar surface area (TPSA) is 108 Å². The average Bonchev–Trinajstić information content (AvgIpc) is 2.17. The zero-order chi connectivity index (χ0) is 12.7. The second-order valence-corrected chi connectivity index (χ2v) is 2.72. The van der Waals surface area contributed by atoms with Gasteiger partial charge in [-0.3, -0.25) is 10.1 Å². The zero-order valence-corrected chi connectivity index (χ0v) is 9.33. The Kier molecular flexibility index (Phi) is 5.61. The first-order valence-electron chi connectivity index (χ1n) is 4.46.